The molecule has 0 radical (unpaired) electrons. The smallest absolute Gasteiger partial charge is 0.161 e. The molecule has 0 aliphatic carbocycles. The second-order valence-electron chi connectivity index (χ2n) is 7.94. The number of imidazole rings is 1. The molecule has 0 spiro atoms. The average molecular weight is 451 g/mol. The summed E-state index contributed by atoms with van der Waals surface area (Å²) in [5.74, 6) is 0.875. The van der Waals surface area contributed by atoms with Crippen LogP contribution < -0.4 is 4.74 Å². The normalized spacial score (nSPS) is 11.4. The van der Waals surface area contributed by atoms with Crippen molar-refractivity contribution in [3.05, 3.63) is 72.4 Å². The second-order valence-corrected chi connectivity index (χ2v) is 7.94. The van der Waals surface area contributed by atoms with E-state index < -0.39 is 0 Å². The van der Waals surface area contributed by atoms with Crippen molar-refractivity contribution in [1.82, 2.24) is 35.1 Å². The van der Waals surface area contributed by atoms with E-state index in [1.165, 1.54) is 12.1 Å². The number of nitrogens with one attached hydrogen (secondary N) is 2. The summed E-state index contributed by atoms with van der Waals surface area (Å²) in [6.45, 7) is 1.85. The van der Waals surface area contributed by atoms with Gasteiger partial charge in [-0.2, -0.15) is 5.10 Å². The van der Waals surface area contributed by atoms with Crippen LogP contribution in [0.1, 0.15) is 5.56 Å². The van der Waals surface area contributed by atoms with Gasteiger partial charge in [0.15, 0.2) is 11.5 Å². The van der Waals surface area contributed by atoms with E-state index in [4.69, 9.17) is 14.7 Å². The number of halogens is 1. The predicted molar refractivity (Wildman–Crippen MR) is 127 cm³/mol. The molecule has 2 N–H and O–H groups in total. The van der Waals surface area contributed by atoms with Crippen molar-refractivity contribution in [1.29, 1.82) is 0 Å². The summed E-state index contributed by atoms with van der Waals surface area (Å²) in [7, 11) is 1.60. The lowest BCUT2D eigenvalue weighted by Gasteiger charge is -2.04. The van der Waals surface area contributed by atoms with E-state index in [0.717, 1.165) is 27.9 Å². The molecule has 34 heavy (non-hydrogen) atoms. The molecule has 0 bridgehead atoms. The highest BCUT2D eigenvalue weighted by Crippen LogP contribution is 2.31. The number of methoxy groups -OCH3 is 1. The van der Waals surface area contributed by atoms with Crippen LogP contribution in [-0.2, 0) is 0 Å². The van der Waals surface area contributed by atoms with E-state index in [2.05, 4.69) is 25.1 Å². The fourth-order valence-corrected chi connectivity index (χ4v) is 4.03. The van der Waals surface area contributed by atoms with E-state index in [1.807, 2.05) is 37.3 Å². The van der Waals surface area contributed by atoms with Gasteiger partial charge >= 0.3 is 0 Å². The van der Waals surface area contributed by atoms with E-state index in [0.29, 0.717) is 39.6 Å². The lowest BCUT2D eigenvalue weighted by Crippen LogP contribution is -1.90. The van der Waals surface area contributed by atoms with Crippen molar-refractivity contribution in [2.45, 2.75) is 6.92 Å². The molecule has 9 heteroatoms. The zero-order valence-electron chi connectivity index (χ0n) is 18.3. The highest BCUT2D eigenvalue weighted by atomic mass is 19.1. The lowest BCUT2D eigenvalue weighted by molar-refractivity contribution is 0.413. The Kier molecular flexibility index (Phi) is 4.54. The molecule has 0 fully saturated rings. The second kappa shape index (κ2) is 7.73. The molecule has 1 aromatic carbocycles. The number of H-pyrrole nitrogens is 2. The number of fused-ring (bicyclic) bond motifs is 2. The first-order chi connectivity index (χ1) is 16.6. The molecule has 166 valence electrons. The Morgan fingerprint density at radius 2 is 1.76 bits per heavy atom. The predicted octanol–water partition coefficient (Wildman–Crippen LogP) is 5.08. The number of pyridine rings is 3. The number of ether oxygens (including phenoxy) is 1. The molecule has 6 rings (SSSR count). The molecule has 0 atom stereocenters. The minimum atomic E-state index is -0.313. The highest BCUT2D eigenvalue weighted by molar-refractivity contribution is 5.95. The first-order valence-corrected chi connectivity index (χ1v) is 10.6. The Morgan fingerprint density at radius 1 is 0.882 bits per heavy atom. The third-order valence-corrected chi connectivity index (χ3v) is 5.59. The lowest BCUT2D eigenvalue weighted by atomic mass is 10.1. The Bertz CT molecular complexity index is 1670. The van der Waals surface area contributed by atoms with Gasteiger partial charge in [-0.25, -0.2) is 14.4 Å². The summed E-state index contributed by atoms with van der Waals surface area (Å²) in [5.41, 5.74) is 7.04. The summed E-state index contributed by atoms with van der Waals surface area (Å²) in [4.78, 5) is 21.6. The minimum Gasteiger partial charge on any atom is -0.495 e. The zero-order chi connectivity index (χ0) is 23.2. The molecule has 5 heterocycles. The standard InChI is InChI=1S/C25H18FN7O/c1-13-7-14(9-16(26)8-13)21-22-19(5-6-28-21)30-25(31-22)24-23-20(32-33-24)4-3-18(29-23)15-10-17(34-2)12-27-11-15/h3-12H,1-2H3,(H,30,31)(H,32,33). The molecule has 8 nitrogen and oxygen atoms in total. The quantitative estimate of drug-likeness (QED) is 0.387. The van der Waals surface area contributed by atoms with Gasteiger partial charge in [-0.05, 0) is 55.0 Å². The molecule has 0 unspecified atom stereocenters. The van der Waals surface area contributed by atoms with Crippen molar-refractivity contribution < 1.29 is 9.13 Å². The van der Waals surface area contributed by atoms with Crippen LogP contribution in [0.4, 0.5) is 4.39 Å². The number of aryl methyl sites for hydroxylation is 1. The number of benzene rings is 1. The fourth-order valence-electron chi connectivity index (χ4n) is 4.03. The third kappa shape index (κ3) is 3.34. The van der Waals surface area contributed by atoms with Gasteiger partial charge in [0.25, 0.3) is 0 Å². The van der Waals surface area contributed by atoms with Crippen molar-refractivity contribution in [3.8, 4) is 39.8 Å². The van der Waals surface area contributed by atoms with Gasteiger partial charge in [0.1, 0.15) is 22.6 Å². The largest absolute Gasteiger partial charge is 0.495 e. The average Bonchev–Trinajstić information content (AvgIpc) is 3.46. The maximum atomic E-state index is 14.1. The van der Waals surface area contributed by atoms with Crippen LogP contribution in [0.2, 0.25) is 0 Å². The maximum absolute atomic E-state index is 14.1. The van der Waals surface area contributed by atoms with Gasteiger partial charge in [-0.15, -0.1) is 0 Å². The Labute approximate surface area is 192 Å². The number of aromatic nitrogens is 7. The topological polar surface area (TPSA) is 105 Å². The first-order valence-electron chi connectivity index (χ1n) is 10.6. The first kappa shape index (κ1) is 20.0. The third-order valence-electron chi connectivity index (χ3n) is 5.59. The van der Waals surface area contributed by atoms with Crippen LogP contribution >= 0.6 is 0 Å². The van der Waals surface area contributed by atoms with Crippen molar-refractivity contribution >= 4 is 22.1 Å². The Balaban J connectivity index is 1.49. The molecule has 0 saturated carbocycles. The van der Waals surface area contributed by atoms with E-state index in [-0.39, 0.29) is 5.82 Å². The monoisotopic (exact) mass is 451 g/mol. The van der Waals surface area contributed by atoms with Crippen LogP contribution in [0.15, 0.2) is 61.1 Å². The van der Waals surface area contributed by atoms with Gasteiger partial charge in [-0.1, -0.05) is 0 Å². The van der Waals surface area contributed by atoms with E-state index >= 15 is 0 Å². The van der Waals surface area contributed by atoms with Crippen LogP contribution in [0.5, 0.6) is 5.75 Å². The van der Waals surface area contributed by atoms with Gasteiger partial charge in [0, 0.05) is 23.5 Å². The van der Waals surface area contributed by atoms with E-state index in [1.54, 1.807) is 25.7 Å². The van der Waals surface area contributed by atoms with Gasteiger partial charge in [-0.3, -0.25) is 15.1 Å². The van der Waals surface area contributed by atoms with Gasteiger partial charge < -0.3 is 9.72 Å². The molecule has 5 aromatic heterocycles. The van der Waals surface area contributed by atoms with Crippen LogP contribution in [0.3, 0.4) is 0 Å². The number of hydrogen-bond acceptors (Lipinski definition) is 6. The number of hydrogen-bond donors (Lipinski definition) is 2. The van der Waals surface area contributed by atoms with Gasteiger partial charge in [0.2, 0.25) is 0 Å². The van der Waals surface area contributed by atoms with Crippen LogP contribution in [0.25, 0.3) is 56.1 Å². The summed E-state index contributed by atoms with van der Waals surface area (Å²) < 4.78 is 19.3. The molecule has 0 aliphatic rings. The van der Waals surface area contributed by atoms with Crippen LogP contribution in [-0.4, -0.2) is 42.2 Å². The molecular weight excluding hydrogens is 433 g/mol. The van der Waals surface area contributed by atoms with Crippen LogP contribution in [0, 0.1) is 12.7 Å². The summed E-state index contributed by atoms with van der Waals surface area (Å²) in [5, 5.41) is 7.47. The van der Waals surface area contributed by atoms with Gasteiger partial charge in [0.05, 0.1) is 35.7 Å². The number of rotatable bonds is 4. The SMILES string of the molecule is COc1cncc(-c2ccc3[nH]nc(-c4nc5c(-c6cc(C)cc(F)c6)nccc5[nH]4)c3n2)c1. The number of nitrogens with zero attached hydrogens (tertiary/aromatic N) is 5. The maximum Gasteiger partial charge on any atom is 0.161 e. The van der Waals surface area contributed by atoms with Crippen molar-refractivity contribution in [3.63, 3.8) is 0 Å². The Morgan fingerprint density at radius 3 is 2.62 bits per heavy atom. The summed E-state index contributed by atoms with van der Waals surface area (Å²) in [6.07, 6.45) is 5.05. The molecular formula is C25H18FN7O. The fraction of sp³-hybridized carbons (Fsp3) is 0.0800. The van der Waals surface area contributed by atoms with Crippen molar-refractivity contribution in [2.24, 2.45) is 0 Å². The molecule has 0 saturated heterocycles. The summed E-state index contributed by atoms with van der Waals surface area (Å²) >= 11 is 0. The Hall–Kier alpha value is -4.66. The van der Waals surface area contributed by atoms with Crippen molar-refractivity contribution in [2.75, 3.05) is 7.11 Å². The van der Waals surface area contributed by atoms with E-state index in [9.17, 15) is 4.39 Å². The molecule has 0 amide bonds. The minimum absolute atomic E-state index is 0.313. The zero-order valence-corrected chi connectivity index (χ0v) is 18.3. The summed E-state index contributed by atoms with van der Waals surface area (Å²) in [6, 6.07) is 12.4. The highest BCUT2D eigenvalue weighted by Gasteiger charge is 2.18. The number of aromatic amines is 2. The molecule has 0 aliphatic heterocycles. The molecule has 6 aromatic rings.